The Morgan fingerprint density at radius 2 is 1.81 bits per heavy atom. The summed E-state index contributed by atoms with van der Waals surface area (Å²) in [7, 11) is 2.91. The molecule has 0 radical (unpaired) electrons. The number of esters is 1. The predicted molar refractivity (Wildman–Crippen MR) is 82.0 cm³/mol. The molecule has 1 amide bonds. The van der Waals surface area contributed by atoms with Gasteiger partial charge in [0.1, 0.15) is 10.6 Å². The highest BCUT2D eigenvalue weighted by Gasteiger charge is 2.18. The summed E-state index contributed by atoms with van der Waals surface area (Å²) < 4.78 is 9.86. The molecule has 0 aliphatic carbocycles. The smallest absolute Gasteiger partial charge is 0.350 e. The molecule has 6 heteroatoms. The first-order valence-electron chi connectivity index (χ1n) is 6.19. The lowest BCUT2D eigenvalue weighted by molar-refractivity contribution is -0.114. The molecule has 1 aromatic heterocycles. The maximum atomic E-state index is 11.8. The van der Waals surface area contributed by atoms with Gasteiger partial charge in [-0.05, 0) is 35.9 Å². The molecule has 110 valence electrons. The van der Waals surface area contributed by atoms with E-state index >= 15 is 0 Å². The van der Waals surface area contributed by atoms with Gasteiger partial charge in [-0.2, -0.15) is 0 Å². The number of methoxy groups -OCH3 is 2. The fourth-order valence-electron chi connectivity index (χ4n) is 1.82. The molecular formula is C15H15NO4S. The van der Waals surface area contributed by atoms with E-state index in [1.165, 1.54) is 25.4 Å². The second-order valence-corrected chi connectivity index (χ2v) is 5.31. The third-order valence-corrected chi connectivity index (χ3v) is 3.95. The highest BCUT2D eigenvalue weighted by atomic mass is 32.1. The van der Waals surface area contributed by atoms with Crippen molar-refractivity contribution in [1.82, 2.24) is 0 Å². The van der Waals surface area contributed by atoms with Crippen LogP contribution in [0, 0.1) is 0 Å². The number of amides is 1. The van der Waals surface area contributed by atoms with E-state index in [9.17, 15) is 9.59 Å². The third-order valence-electron chi connectivity index (χ3n) is 2.79. The summed E-state index contributed by atoms with van der Waals surface area (Å²) in [5.41, 5.74) is 1.40. The van der Waals surface area contributed by atoms with Gasteiger partial charge in [-0.1, -0.05) is 0 Å². The third kappa shape index (κ3) is 3.41. The monoisotopic (exact) mass is 305 g/mol. The molecule has 5 nitrogen and oxygen atoms in total. The van der Waals surface area contributed by atoms with Gasteiger partial charge >= 0.3 is 5.97 Å². The zero-order chi connectivity index (χ0) is 15.4. The minimum atomic E-state index is -0.469. The fourth-order valence-corrected chi connectivity index (χ4v) is 2.85. The van der Waals surface area contributed by atoms with Crippen LogP contribution in [0.15, 0.2) is 30.3 Å². The van der Waals surface area contributed by atoms with Crippen LogP contribution in [0.25, 0.3) is 10.4 Å². The number of rotatable bonds is 4. The summed E-state index contributed by atoms with van der Waals surface area (Å²) in [4.78, 5) is 24.2. The Labute approximate surface area is 126 Å². The van der Waals surface area contributed by atoms with Crippen molar-refractivity contribution in [2.24, 2.45) is 0 Å². The second kappa shape index (κ2) is 6.41. The fraction of sp³-hybridized carbons (Fsp3) is 0.200. The lowest BCUT2D eigenvalue weighted by atomic mass is 10.2. The first-order chi connectivity index (χ1) is 10.0. The van der Waals surface area contributed by atoms with Crippen molar-refractivity contribution in [3.8, 4) is 16.2 Å². The van der Waals surface area contributed by atoms with Crippen LogP contribution < -0.4 is 10.1 Å². The maximum Gasteiger partial charge on any atom is 0.350 e. The Balaban J connectivity index is 2.41. The van der Waals surface area contributed by atoms with E-state index in [0.717, 1.165) is 16.2 Å². The molecule has 0 saturated carbocycles. The number of nitrogens with one attached hydrogen (secondary N) is 1. The molecule has 0 atom stereocenters. The largest absolute Gasteiger partial charge is 0.497 e. The molecule has 1 N–H and O–H groups in total. The number of hydrogen-bond acceptors (Lipinski definition) is 5. The van der Waals surface area contributed by atoms with Gasteiger partial charge < -0.3 is 14.8 Å². The Kier molecular flexibility index (Phi) is 4.59. The normalized spacial score (nSPS) is 10.0. The number of carbonyl (C=O) groups is 2. The predicted octanol–water partition coefficient (Wildman–Crippen LogP) is 3.17. The van der Waals surface area contributed by atoms with Crippen LogP contribution in [0.5, 0.6) is 5.75 Å². The summed E-state index contributed by atoms with van der Waals surface area (Å²) >= 11 is 1.27. The minimum Gasteiger partial charge on any atom is -0.497 e. The number of ether oxygens (including phenoxy) is 2. The molecule has 2 rings (SSSR count). The van der Waals surface area contributed by atoms with E-state index in [0.29, 0.717) is 10.6 Å². The van der Waals surface area contributed by atoms with Crippen LogP contribution in [-0.2, 0) is 9.53 Å². The van der Waals surface area contributed by atoms with Crippen LogP contribution in [-0.4, -0.2) is 26.1 Å². The van der Waals surface area contributed by atoms with Gasteiger partial charge in [0, 0.05) is 11.8 Å². The van der Waals surface area contributed by atoms with Crippen molar-refractivity contribution in [3.63, 3.8) is 0 Å². The van der Waals surface area contributed by atoms with Gasteiger partial charge in [-0.25, -0.2) is 4.79 Å². The Hall–Kier alpha value is -2.34. The Morgan fingerprint density at radius 3 is 2.33 bits per heavy atom. The molecule has 1 heterocycles. The molecule has 0 spiro atoms. The number of carbonyl (C=O) groups excluding carboxylic acids is 2. The van der Waals surface area contributed by atoms with Gasteiger partial charge in [-0.3, -0.25) is 4.79 Å². The van der Waals surface area contributed by atoms with Crippen LogP contribution >= 0.6 is 11.3 Å². The van der Waals surface area contributed by atoms with Crippen molar-refractivity contribution >= 4 is 28.9 Å². The molecule has 0 saturated heterocycles. The SMILES string of the molecule is COC(=O)c1sc(-c2ccc(OC)cc2)cc1NC(C)=O. The van der Waals surface area contributed by atoms with Crippen LogP contribution in [0.1, 0.15) is 16.6 Å². The minimum absolute atomic E-state index is 0.237. The van der Waals surface area contributed by atoms with E-state index < -0.39 is 5.97 Å². The van der Waals surface area contributed by atoms with Gasteiger partial charge in [0.05, 0.1) is 19.9 Å². The van der Waals surface area contributed by atoms with Gasteiger partial charge in [0.2, 0.25) is 5.91 Å². The molecule has 0 aliphatic heterocycles. The van der Waals surface area contributed by atoms with Crippen molar-refractivity contribution in [3.05, 3.63) is 35.2 Å². The number of hydrogen-bond donors (Lipinski definition) is 1. The molecule has 0 unspecified atom stereocenters. The van der Waals surface area contributed by atoms with Crippen molar-refractivity contribution < 1.29 is 19.1 Å². The van der Waals surface area contributed by atoms with E-state index in [1.807, 2.05) is 24.3 Å². The molecule has 21 heavy (non-hydrogen) atoms. The van der Waals surface area contributed by atoms with E-state index in [-0.39, 0.29) is 5.91 Å². The highest BCUT2D eigenvalue weighted by molar-refractivity contribution is 7.18. The highest BCUT2D eigenvalue weighted by Crippen LogP contribution is 2.35. The van der Waals surface area contributed by atoms with E-state index in [1.54, 1.807) is 13.2 Å². The summed E-state index contributed by atoms with van der Waals surface area (Å²) in [6.07, 6.45) is 0. The molecule has 0 fully saturated rings. The quantitative estimate of drug-likeness (QED) is 0.881. The first-order valence-corrected chi connectivity index (χ1v) is 7.01. The van der Waals surface area contributed by atoms with Gasteiger partial charge in [-0.15, -0.1) is 11.3 Å². The Bertz CT molecular complexity index is 661. The molecule has 1 aromatic carbocycles. The van der Waals surface area contributed by atoms with Crippen molar-refractivity contribution in [2.45, 2.75) is 6.92 Å². The molecule has 0 aliphatic rings. The second-order valence-electron chi connectivity index (χ2n) is 4.25. The lowest BCUT2D eigenvalue weighted by Crippen LogP contribution is -2.09. The van der Waals surface area contributed by atoms with Gasteiger partial charge in [0.15, 0.2) is 0 Å². The van der Waals surface area contributed by atoms with Crippen LogP contribution in [0.3, 0.4) is 0 Å². The van der Waals surface area contributed by atoms with Crippen molar-refractivity contribution in [1.29, 1.82) is 0 Å². The standard InChI is InChI=1S/C15H15NO4S/c1-9(17)16-12-8-13(21-14(12)15(18)20-3)10-4-6-11(19-2)7-5-10/h4-8H,1-3H3,(H,16,17). The number of thiophene rings is 1. The average molecular weight is 305 g/mol. The zero-order valence-corrected chi connectivity index (χ0v) is 12.7. The zero-order valence-electron chi connectivity index (χ0n) is 11.9. The number of benzene rings is 1. The first kappa shape index (κ1) is 15.1. The summed E-state index contributed by atoms with van der Waals surface area (Å²) in [6, 6.07) is 9.22. The molecule has 2 aromatic rings. The summed E-state index contributed by atoms with van der Waals surface area (Å²) in [6.45, 7) is 1.39. The summed E-state index contributed by atoms with van der Waals surface area (Å²) in [5, 5.41) is 2.65. The van der Waals surface area contributed by atoms with Crippen molar-refractivity contribution in [2.75, 3.05) is 19.5 Å². The molecular weight excluding hydrogens is 290 g/mol. The maximum absolute atomic E-state index is 11.8. The molecule has 0 bridgehead atoms. The number of anilines is 1. The van der Waals surface area contributed by atoms with E-state index in [2.05, 4.69) is 5.32 Å². The average Bonchev–Trinajstić information content (AvgIpc) is 2.89. The van der Waals surface area contributed by atoms with Crippen LogP contribution in [0.4, 0.5) is 5.69 Å². The Morgan fingerprint density at radius 1 is 1.14 bits per heavy atom. The summed E-state index contributed by atoms with van der Waals surface area (Å²) in [5.74, 6) is 0.0494. The topological polar surface area (TPSA) is 64.6 Å². The lowest BCUT2D eigenvalue weighted by Gasteiger charge is -2.01. The van der Waals surface area contributed by atoms with Gasteiger partial charge in [0.25, 0.3) is 0 Å². The van der Waals surface area contributed by atoms with E-state index in [4.69, 9.17) is 9.47 Å². The van der Waals surface area contributed by atoms with Crippen LogP contribution in [0.2, 0.25) is 0 Å².